The molecular formula is C38H48ClFN8O7. The summed E-state index contributed by atoms with van der Waals surface area (Å²) in [6.45, 7) is 7.46. The first-order valence-electron chi connectivity index (χ1n) is 18.5. The standard InChI is InChI=1S/C38H48ClFN8O7/c1-21(2)32(44-31(50)20-42-38(54)43-26-10-7-24(39)8-11-26)35(51)41-19-30(49)45-33(22(3)4)37(53)48-15-5-6-28(48)36(52)47-16-13-23(14-17-47)34-27-12-9-25(40)18-29(27)55-46-34/h7-12,18,21-23,28,32-33H,5-6,13-17,19-20H2,1-4H3,(H,41,51)(H,44,50)(H,45,49)(H2,42,43,54)/t28-,32-,33-/m0/s1. The highest BCUT2D eigenvalue weighted by atomic mass is 35.5. The summed E-state index contributed by atoms with van der Waals surface area (Å²) in [5.41, 5.74) is 1.61. The number of piperidine rings is 1. The summed E-state index contributed by atoms with van der Waals surface area (Å²) < 4.78 is 19.0. The van der Waals surface area contributed by atoms with Gasteiger partial charge in [0, 0.05) is 47.7 Å². The van der Waals surface area contributed by atoms with Crippen LogP contribution >= 0.6 is 11.6 Å². The Labute approximate surface area is 323 Å². The smallest absolute Gasteiger partial charge is 0.319 e. The van der Waals surface area contributed by atoms with Crippen LogP contribution in [-0.2, 0) is 24.0 Å². The summed E-state index contributed by atoms with van der Waals surface area (Å²) >= 11 is 5.85. The minimum absolute atomic E-state index is 0.0433. The van der Waals surface area contributed by atoms with Gasteiger partial charge in [-0.05, 0) is 73.9 Å². The van der Waals surface area contributed by atoms with E-state index in [1.807, 2.05) is 0 Å². The molecule has 2 aliphatic heterocycles. The van der Waals surface area contributed by atoms with E-state index < -0.39 is 60.8 Å². The second-order valence-corrected chi connectivity index (χ2v) is 15.0. The fourth-order valence-electron chi connectivity index (χ4n) is 6.92. The van der Waals surface area contributed by atoms with Crippen molar-refractivity contribution in [2.45, 2.75) is 77.4 Å². The number of rotatable bonds is 13. The molecule has 0 saturated carbocycles. The van der Waals surface area contributed by atoms with Crippen LogP contribution in [0.25, 0.3) is 11.0 Å². The number of carbonyl (C=O) groups is 6. The Morgan fingerprint density at radius 1 is 0.855 bits per heavy atom. The van der Waals surface area contributed by atoms with Crippen LogP contribution < -0.4 is 26.6 Å². The van der Waals surface area contributed by atoms with E-state index in [-0.39, 0.29) is 29.6 Å². The summed E-state index contributed by atoms with van der Waals surface area (Å²) in [6.07, 6.45) is 2.42. The van der Waals surface area contributed by atoms with Gasteiger partial charge in [0.1, 0.15) is 23.9 Å². The lowest BCUT2D eigenvalue weighted by molar-refractivity contribution is -0.146. The number of nitrogens with one attached hydrogen (secondary N) is 5. The van der Waals surface area contributed by atoms with Crippen LogP contribution in [0.15, 0.2) is 47.0 Å². The molecule has 3 aromatic rings. The molecule has 7 amide bonds. The molecule has 0 radical (unpaired) electrons. The van der Waals surface area contributed by atoms with Crippen molar-refractivity contribution in [3.05, 3.63) is 59.0 Å². The normalized spacial score (nSPS) is 17.2. The van der Waals surface area contributed by atoms with Crippen LogP contribution in [0.2, 0.25) is 5.02 Å². The summed E-state index contributed by atoms with van der Waals surface area (Å²) in [5, 5.41) is 18.3. The van der Waals surface area contributed by atoms with E-state index in [1.54, 1.807) is 67.8 Å². The number of nitrogens with zero attached hydrogens (tertiary/aromatic N) is 3. The van der Waals surface area contributed by atoms with Gasteiger partial charge in [-0.2, -0.15) is 0 Å². The average Bonchev–Trinajstić information content (AvgIpc) is 3.82. The molecule has 1 aromatic heterocycles. The van der Waals surface area contributed by atoms with Crippen LogP contribution in [-0.4, -0.2) is 101 Å². The fourth-order valence-corrected chi connectivity index (χ4v) is 7.05. The Balaban J connectivity index is 1.09. The molecule has 55 heavy (non-hydrogen) atoms. The second-order valence-electron chi connectivity index (χ2n) is 14.6. The Kier molecular flexibility index (Phi) is 13.7. The molecule has 2 aromatic carbocycles. The SMILES string of the molecule is CC(C)[C@H](NC(=O)CNC(=O)Nc1ccc(Cl)cc1)C(=O)NCC(=O)N[C@H](C(=O)N1CCC[C@H]1C(=O)N1CCC(c2noc3cc(F)ccc23)CC1)C(C)C. The van der Waals surface area contributed by atoms with Crippen molar-refractivity contribution in [1.29, 1.82) is 0 Å². The predicted octanol–water partition coefficient (Wildman–Crippen LogP) is 3.54. The zero-order valence-electron chi connectivity index (χ0n) is 31.3. The fraction of sp³-hybridized carbons (Fsp3) is 0.500. The topological polar surface area (TPSA) is 195 Å². The van der Waals surface area contributed by atoms with Crippen LogP contribution in [0.4, 0.5) is 14.9 Å². The van der Waals surface area contributed by atoms with Crippen molar-refractivity contribution in [3.63, 3.8) is 0 Å². The zero-order valence-corrected chi connectivity index (χ0v) is 32.1. The predicted molar refractivity (Wildman–Crippen MR) is 202 cm³/mol. The monoisotopic (exact) mass is 782 g/mol. The number of anilines is 1. The number of likely N-dealkylation sites (tertiary alicyclic amines) is 2. The van der Waals surface area contributed by atoms with Crippen molar-refractivity contribution < 1.29 is 37.7 Å². The number of carbonyl (C=O) groups excluding carboxylic acids is 6. The minimum atomic E-state index is -1.01. The first-order valence-corrected chi connectivity index (χ1v) is 18.9. The van der Waals surface area contributed by atoms with E-state index in [0.29, 0.717) is 61.6 Å². The lowest BCUT2D eigenvalue weighted by atomic mass is 9.91. The third-order valence-corrected chi connectivity index (χ3v) is 10.2. The van der Waals surface area contributed by atoms with Gasteiger partial charge >= 0.3 is 6.03 Å². The number of aromatic nitrogens is 1. The van der Waals surface area contributed by atoms with Gasteiger partial charge in [-0.25, -0.2) is 9.18 Å². The van der Waals surface area contributed by atoms with Gasteiger partial charge in [-0.3, -0.25) is 24.0 Å². The molecule has 0 aliphatic carbocycles. The molecule has 5 rings (SSSR count). The molecule has 2 saturated heterocycles. The molecule has 0 unspecified atom stereocenters. The van der Waals surface area contributed by atoms with Gasteiger partial charge in [0.15, 0.2) is 5.58 Å². The highest BCUT2D eigenvalue weighted by Gasteiger charge is 2.41. The number of urea groups is 1. The van der Waals surface area contributed by atoms with E-state index in [4.69, 9.17) is 16.1 Å². The molecule has 5 N–H and O–H groups in total. The van der Waals surface area contributed by atoms with Crippen LogP contribution in [0.3, 0.4) is 0 Å². The van der Waals surface area contributed by atoms with Gasteiger partial charge in [-0.15, -0.1) is 0 Å². The van der Waals surface area contributed by atoms with Crippen molar-refractivity contribution in [2.24, 2.45) is 11.8 Å². The van der Waals surface area contributed by atoms with Gasteiger partial charge < -0.3 is 40.9 Å². The van der Waals surface area contributed by atoms with Crippen LogP contribution in [0.1, 0.15) is 65.0 Å². The third kappa shape index (κ3) is 10.5. The van der Waals surface area contributed by atoms with Crippen molar-refractivity contribution in [3.8, 4) is 0 Å². The zero-order chi connectivity index (χ0) is 39.8. The Morgan fingerprint density at radius 3 is 2.15 bits per heavy atom. The molecular weight excluding hydrogens is 735 g/mol. The molecule has 15 nitrogen and oxygen atoms in total. The summed E-state index contributed by atoms with van der Waals surface area (Å²) in [4.78, 5) is 81.9. The number of hydrogen-bond donors (Lipinski definition) is 5. The number of amides is 7. The van der Waals surface area contributed by atoms with Gasteiger partial charge in [0.2, 0.25) is 29.5 Å². The van der Waals surface area contributed by atoms with Crippen molar-refractivity contribution in [1.82, 2.24) is 36.2 Å². The number of halogens is 2. The molecule has 296 valence electrons. The van der Waals surface area contributed by atoms with Gasteiger partial charge in [-0.1, -0.05) is 44.5 Å². The summed E-state index contributed by atoms with van der Waals surface area (Å²) in [5.74, 6) is -3.39. The average molecular weight is 783 g/mol. The summed E-state index contributed by atoms with van der Waals surface area (Å²) in [7, 11) is 0. The minimum Gasteiger partial charge on any atom is -0.356 e. The summed E-state index contributed by atoms with van der Waals surface area (Å²) in [6, 6.07) is 7.50. The molecule has 3 heterocycles. The van der Waals surface area contributed by atoms with E-state index >= 15 is 0 Å². The van der Waals surface area contributed by atoms with Crippen molar-refractivity contribution >= 4 is 63.8 Å². The molecule has 2 aliphatic rings. The van der Waals surface area contributed by atoms with Crippen LogP contribution in [0.5, 0.6) is 0 Å². The van der Waals surface area contributed by atoms with Crippen molar-refractivity contribution in [2.75, 3.05) is 38.0 Å². The number of fused-ring (bicyclic) bond motifs is 1. The van der Waals surface area contributed by atoms with E-state index in [0.717, 1.165) is 11.1 Å². The lowest BCUT2D eigenvalue weighted by Gasteiger charge is -2.36. The molecule has 2 fully saturated rings. The van der Waals surface area contributed by atoms with E-state index in [9.17, 15) is 33.2 Å². The molecule has 0 spiro atoms. The Hall–Kier alpha value is -5.25. The quantitative estimate of drug-likeness (QED) is 0.174. The molecule has 17 heteroatoms. The maximum Gasteiger partial charge on any atom is 0.319 e. The highest BCUT2D eigenvalue weighted by molar-refractivity contribution is 6.30. The molecule has 3 atom stereocenters. The van der Waals surface area contributed by atoms with Gasteiger partial charge in [0.25, 0.3) is 0 Å². The second kappa shape index (κ2) is 18.4. The highest BCUT2D eigenvalue weighted by Crippen LogP contribution is 2.34. The first kappa shape index (κ1) is 40.9. The van der Waals surface area contributed by atoms with E-state index in [1.165, 1.54) is 12.1 Å². The van der Waals surface area contributed by atoms with Crippen LogP contribution in [0, 0.1) is 17.7 Å². The van der Waals surface area contributed by atoms with E-state index in [2.05, 4.69) is 31.7 Å². The van der Waals surface area contributed by atoms with Gasteiger partial charge in [0.05, 0.1) is 18.8 Å². The maximum atomic E-state index is 13.9. The largest absolute Gasteiger partial charge is 0.356 e. The third-order valence-electron chi connectivity index (χ3n) is 9.93. The Morgan fingerprint density at radius 2 is 1.49 bits per heavy atom. The maximum absolute atomic E-state index is 13.9. The Bertz CT molecular complexity index is 1880. The number of hydrogen-bond acceptors (Lipinski definition) is 8. The molecule has 0 bridgehead atoms. The number of benzene rings is 2. The first-order chi connectivity index (χ1) is 26.2. The lowest BCUT2D eigenvalue weighted by Crippen LogP contribution is -2.57.